The lowest BCUT2D eigenvalue weighted by molar-refractivity contribution is 0.553. The van der Waals surface area contributed by atoms with Crippen molar-refractivity contribution >= 4 is 33.9 Å². The molecule has 0 amide bonds. The second kappa shape index (κ2) is 7.47. The van der Waals surface area contributed by atoms with Crippen LogP contribution in [0.15, 0.2) is 18.2 Å². The maximum absolute atomic E-state index is 4.34. The molecule has 1 aromatic heterocycles. The molecule has 1 heterocycles. The Hall–Kier alpha value is -0.530. The summed E-state index contributed by atoms with van der Waals surface area (Å²) in [4.78, 5) is 0. The van der Waals surface area contributed by atoms with Crippen LogP contribution in [0.3, 0.4) is 0 Å². The van der Waals surface area contributed by atoms with Crippen LogP contribution in [-0.4, -0.2) is 23.3 Å². The monoisotopic (exact) mass is 401 g/mol. The lowest BCUT2D eigenvalue weighted by atomic mass is 10.1. The molecule has 0 atom stereocenters. The van der Waals surface area contributed by atoms with Gasteiger partial charge in [-0.3, -0.25) is 0 Å². The van der Waals surface area contributed by atoms with Crippen LogP contribution < -0.4 is 5.32 Å². The molecule has 2 rings (SSSR count). The molecular weight excluding hydrogens is 381 g/mol. The van der Waals surface area contributed by atoms with Crippen LogP contribution in [0.4, 0.5) is 0 Å². The molecule has 20 heavy (non-hydrogen) atoms. The molecule has 0 fully saturated rings. The van der Waals surface area contributed by atoms with E-state index in [1.807, 2.05) is 0 Å². The van der Waals surface area contributed by atoms with Gasteiger partial charge in [0, 0.05) is 22.1 Å². The molecule has 0 saturated carbocycles. The molecule has 108 valence electrons. The van der Waals surface area contributed by atoms with Crippen LogP contribution in [0.2, 0.25) is 0 Å². The Morgan fingerprint density at radius 3 is 2.85 bits per heavy atom. The fourth-order valence-electron chi connectivity index (χ4n) is 1.86. The van der Waals surface area contributed by atoms with Gasteiger partial charge in [0.2, 0.25) is 0 Å². The van der Waals surface area contributed by atoms with Gasteiger partial charge in [-0.25, -0.2) is 0 Å². The van der Waals surface area contributed by atoms with E-state index in [1.54, 1.807) is 11.3 Å². The summed E-state index contributed by atoms with van der Waals surface area (Å²) in [5.74, 6) is 0.689. The highest BCUT2D eigenvalue weighted by Gasteiger charge is 2.10. The van der Waals surface area contributed by atoms with Crippen molar-refractivity contribution in [3.8, 4) is 10.6 Å². The number of nitrogens with zero attached hydrogens (tertiary/aromatic N) is 2. The van der Waals surface area contributed by atoms with Crippen molar-refractivity contribution in [1.29, 1.82) is 0 Å². The van der Waals surface area contributed by atoms with E-state index in [9.17, 15) is 0 Å². The SMILES string of the molecule is Cc1cccc(-c2nnc(CCNCC(C)C)s2)c1I. The third-order valence-corrected chi connectivity index (χ3v) is 5.41. The first kappa shape index (κ1) is 15.9. The van der Waals surface area contributed by atoms with Crippen molar-refractivity contribution in [2.45, 2.75) is 27.2 Å². The van der Waals surface area contributed by atoms with E-state index in [0.29, 0.717) is 5.92 Å². The van der Waals surface area contributed by atoms with Gasteiger partial charge >= 0.3 is 0 Å². The molecule has 0 aliphatic carbocycles. The highest BCUT2D eigenvalue weighted by Crippen LogP contribution is 2.29. The van der Waals surface area contributed by atoms with Crippen molar-refractivity contribution in [2.24, 2.45) is 5.92 Å². The number of halogens is 1. The van der Waals surface area contributed by atoms with E-state index >= 15 is 0 Å². The molecule has 0 aliphatic heterocycles. The summed E-state index contributed by atoms with van der Waals surface area (Å²) in [6, 6.07) is 6.33. The van der Waals surface area contributed by atoms with E-state index in [0.717, 1.165) is 29.5 Å². The van der Waals surface area contributed by atoms with Crippen molar-refractivity contribution in [1.82, 2.24) is 15.5 Å². The van der Waals surface area contributed by atoms with Crippen molar-refractivity contribution in [2.75, 3.05) is 13.1 Å². The summed E-state index contributed by atoms with van der Waals surface area (Å²) in [6.07, 6.45) is 0.951. The average molecular weight is 401 g/mol. The zero-order valence-electron chi connectivity index (χ0n) is 12.1. The van der Waals surface area contributed by atoms with Crippen molar-refractivity contribution in [3.63, 3.8) is 0 Å². The normalized spacial score (nSPS) is 11.2. The van der Waals surface area contributed by atoms with Gasteiger partial charge < -0.3 is 5.32 Å². The summed E-state index contributed by atoms with van der Waals surface area (Å²) >= 11 is 4.09. The largest absolute Gasteiger partial charge is 0.316 e. The topological polar surface area (TPSA) is 37.8 Å². The van der Waals surface area contributed by atoms with Gasteiger partial charge in [0.25, 0.3) is 0 Å². The van der Waals surface area contributed by atoms with Gasteiger partial charge in [0.1, 0.15) is 10.0 Å². The van der Waals surface area contributed by atoms with Crippen LogP contribution in [0.1, 0.15) is 24.4 Å². The van der Waals surface area contributed by atoms with Crippen molar-refractivity contribution in [3.05, 3.63) is 32.3 Å². The van der Waals surface area contributed by atoms with E-state index in [-0.39, 0.29) is 0 Å². The summed E-state index contributed by atoms with van der Waals surface area (Å²) in [7, 11) is 0. The predicted octanol–water partition coefficient (Wildman–Crippen LogP) is 3.91. The fraction of sp³-hybridized carbons (Fsp3) is 0.467. The van der Waals surface area contributed by atoms with Gasteiger partial charge in [-0.2, -0.15) is 0 Å². The minimum Gasteiger partial charge on any atom is -0.316 e. The first-order chi connectivity index (χ1) is 9.58. The Bertz CT molecular complexity index is 566. The smallest absolute Gasteiger partial charge is 0.148 e. The molecule has 0 aliphatic rings. The minimum absolute atomic E-state index is 0.689. The van der Waals surface area contributed by atoms with Gasteiger partial charge in [0.05, 0.1) is 0 Å². The Labute approximate surface area is 138 Å². The Balaban J connectivity index is 2.00. The molecule has 0 bridgehead atoms. The van der Waals surface area contributed by atoms with Gasteiger partial charge in [-0.05, 0) is 47.5 Å². The van der Waals surface area contributed by atoms with Crippen LogP contribution in [0.25, 0.3) is 10.6 Å². The fourth-order valence-corrected chi connectivity index (χ4v) is 3.53. The number of aromatic nitrogens is 2. The lowest BCUT2D eigenvalue weighted by Crippen LogP contribution is -2.22. The first-order valence-electron chi connectivity index (χ1n) is 6.86. The van der Waals surface area contributed by atoms with Crippen molar-refractivity contribution < 1.29 is 0 Å². The Morgan fingerprint density at radius 1 is 1.30 bits per heavy atom. The molecule has 0 saturated heterocycles. The third-order valence-electron chi connectivity index (χ3n) is 2.96. The number of benzene rings is 1. The molecule has 0 radical (unpaired) electrons. The molecule has 3 nitrogen and oxygen atoms in total. The zero-order valence-corrected chi connectivity index (χ0v) is 15.1. The molecule has 1 N–H and O–H groups in total. The Kier molecular flexibility index (Phi) is 5.92. The summed E-state index contributed by atoms with van der Waals surface area (Å²) in [6.45, 7) is 8.59. The zero-order chi connectivity index (χ0) is 14.5. The van der Waals surface area contributed by atoms with E-state index < -0.39 is 0 Å². The standard InChI is InChI=1S/C15H20IN3S/c1-10(2)9-17-8-7-13-18-19-15(20-13)12-6-4-5-11(3)14(12)16/h4-6,10,17H,7-9H2,1-3H3. The number of rotatable bonds is 6. The van der Waals surface area contributed by atoms with Crippen LogP contribution in [-0.2, 0) is 6.42 Å². The van der Waals surface area contributed by atoms with Gasteiger partial charge in [-0.15, -0.1) is 10.2 Å². The minimum atomic E-state index is 0.689. The third kappa shape index (κ3) is 4.23. The quantitative estimate of drug-likeness (QED) is 0.589. The number of hydrogen-bond donors (Lipinski definition) is 1. The second-order valence-electron chi connectivity index (χ2n) is 5.29. The second-order valence-corrected chi connectivity index (χ2v) is 7.43. The predicted molar refractivity (Wildman–Crippen MR) is 94.2 cm³/mol. The van der Waals surface area contributed by atoms with E-state index in [4.69, 9.17) is 0 Å². The average Bonchev–Trinajstić information content (AvgIpc) is 2.86. The Morgan fingerprint density at radius 2 is 2.10 bits per heavy atom. The number of nitrogens with one attached hydrogen (secondary N) is 1. The lowest BCUT2D eigenvalue weighted by Gasteiger charge is -2.05. The van der Waals surface area contributed by atoms with Crippen LogP contribution >= 0.6 is 33.9 Å². The molecule has 0 unspecified atom stereocenters. The van der Waals surface area contributed by atoms with Crippen LogP contribution in [0.5, 0.6) is 0 Å². The van der Waals surface area contributed by atoms with E-state index in [2.05, 4.69) is 77.1 Å². The highest BCUT2D eigenvalue weighted by atomic mass is 127. The number of hydrogen-bond acceptors (Lipinski definition) is 4. The molecule has 2 aromatic rings. The first-order valence-corrected chi connectivity index (χ1v) is 8.76. The highest BCUT2D eigenvalue weighted by molar-refractivity contribution is 14.1. The molecule has 5 heteroatoms. The number of aryl methyl sites for hydroxylation is 1. The summed E-state index contributed by atoms with van der Waals surface area (Å²) in [5, 5.41) is 14.2. The summed E-state index contributed by atoms with van der Waals surface area (Å²) in [5.41, 5.74) is 2.49. The van der Waals surface area contributed by atoms with E-state index in [1.165, 1.54) is 14.7 Å². The molecule has 0 spiro atoms. The maximum atomic E-state index is 4.34. The van der Waals surface area contributed by atoms with Gasteiger partial charge in [0.15, 0.2) is 0 Å². The van der Waals surface area contributed by atoms with Crippen LogP contribution in [0, 0.1) is 16.4 Å². The molecular formula is C15H20IN3S. The van der Waals surface area contributed by atoms with Gasteiger partial charge in [-0.1, -0.05) is 43.4 Å². The maximum Gasteiger partial charge on any atom is 0.148 e. The molecule has 1 aromatic carbocycles. The summed E-state index contributed by atoms with van der Waals surface area (Å²) < 4.78 is 1.27.